The molecular weight excluding hydrogens is 168 g/mol. The second kappa shape index (κ2) is 3.51. The molecule has 0 bridgehead atoms. The van der Waals surface area contributed by atoms with E-state index < -0.39 is 11.7 Å². The molecule has 0 fully saturated rings. The number of hydrogen-bond acceptors (Lipinski definition) is 2. The first kappa shape index (κ1) is 9.64. The first-order valence-corrected chi connectivity index (χ1v) is 4.10. The van der Waals surface area contributed by atoms with Crippen LogP contribution in [0.2, 0.25) is 0 Å². The molecule has 0 spiro atoms. The molecule has 1 aromatic heterocycles. The van der Waals surface area contributed by atoms with E-state index in [-0.39, 0.29) is 0 Å². The molecule has 1 rings (SSSR count). The molecule has 13 heavy (non-hydrogen) atoms. The highest BCUT2D eigenvalue weighted by atomic mass is 16.6. The van der Waals surface area contributed by atoms with Crippen molar-refractivity contribution < 1.29 is 9.53 Å². The standard InChI is InChI=1S/C9H14N2O2/c1-9(2,3)13-8(12)11-7-4-5-10-6-7/h4-6,10H,1-3H3,(H,11,12). The van der Waals surface area contributed by atoms with Crippen molar-refractivity contribution in [3.63, 3.8) is 0 Å². The van der Waals surface area contributed by atoms with E-state index >= 15 is 0 Å². The number of carbonyl (C=O) groups excluding carboxylic acids is 1. The molecular formula is C9H14N2O2. The van der Waals surface area contributed by atoms with E-state index in [1.807, 2.05) is 20.8 Å². The predicted molar refractivity (Wildman–Crippen MR) is 50.6 cm³/mol. The monoisotopic (exact) mass is 182 g/mol. The van der Waals surface area contributed by atoms with Gasteiger partial charge in [-0.25, -0.2) is 4.79 Å². The van der Waals surface area contributed by atoms with E-state index in [0.717, 1.165) is 0 Å². The number of anilines is 1. The molecule has 0 aliphatic heterocycles. The van der Waals surface area contributed by atoms with Crippen molar-refractivity contribution in [3.05, 3.63) is 18.5 Å². The Morgan fingerprint density at radius 3 is 2.69 bits per heavy atom. The summed E-state index contributed by atoms with van der Waals surface area (Å²) < 4.78 is 5.05. The van der Waals surface area contributed by atoms with Crippen molar-refractivity contribution in [1.82, 2.24) is 4.98 Å². The topological polar surface area (TPSA) is 54.1 Å². The van der Waals surface area contributed by atoms with E-state index in [9.17, 15) is 4.79 Å². The Balaban J connectivity index is 2.43. The van der Waals surface area contributed by atoms with Crippen LogP contribution in [0.5, 0.6) is 0 Å². The van der Waals surface area contributed by atoms with Crippen molar-refractivity contribution in [2.24, 2.45) is 0 Å². The molecule has 0 atom stereocenters. The van der Waals surface area contributed by atoms with Gasteiger partial charge in [0.2, 0.25) is 0 Å². The van der Waals surface area contributed by atoms with Crippen LogP contribution >= 0.6 is 0 Å². The molecule has 4 nitrogen and oxygen atoms in total. The third kappa shape index (κ3) is 3.64. The van der Waals surface area contributed by atoms with Crippen LogP contribution in [-0.2, 0) is 4.74 Å². The lowest BCUT2D eigenvalue weighted by Gasteiger charge is -2.19. The average molecular weight is 182 g/mol. The highest BCUT2D eigenvalue weighted by Gasteiger charge is 2.15. The van der Waals surface area contributed by atoms with E-state index in [0.29, 0.717) is 5.69 Å². The summed E-state index contributed by atoms with van der Waals surface area (Å²) in [6.07, 6.45) is 2.98. The third-order valence-corrected chi connectivity index (χ3v) is 1.24. The zero-order valence-electron chi connectivity index (χ0n) is 8.05. The number of ether oxygens (including phenoxy) is 1. The highest BCUT2D eigenvalue weighted by Crippen LogP contribution is 2.10. The molecule has 0 saturated carbocycles. The Hall–Kier alpha value is -1.45. The fourth-order valence-corrected chi connectivity index (χ4v) is 0.823. The van der Waals surface area contributed by atoms with Gasteiger partial charge in [-0.05, 0) is 26.8 Å². The van der Waals surface area contributed by atoms with Crippen LogP contribution in [0.25, 0.3) is 0 Å². The van der Waals surface area contributed by atoms with Gasteiger partial charge < -0.3 is 9.72 Å². The van der Waals surface area contributed by atoms with Crippen LogP contribution in [0.15, 0.2) is 18.5 Å². The summed E-state index contributed by atoms with van der Waals surface area (Å²) in [4.78, 5) is 14.0. The van der Waals surface area contributed by atoms with Gasteiger partial charge in [0, 0.05) is 12.4 Å². The number of hydrogen-bond donors (Lipinski definition) is 2. The number of amides is 1. The van der Waals surface area contributed by atoms with Gasteiger partial charge in [0.05, 0.1) is 5.69 Å². The summed E-state index contributed by atoms with van der Waals surface area (Å²) in [6, 6.07) is 1.75. The maximum absolute atomic E-state index is 11.2. The molecule has 72 valence electrons. The first-order valence-electron chi connectivity index (χ1n) is 4.10. The molecule has 2 N–H and O–H groups in total. The number of carbonyl (C=O) groups is 1. The summed E-state index contributed by atoms with van der Waals surface area (Å²) in [5.41, 5.74) is 0.245. The van der Waals surface area contributed by atoms with Gasteiger partial charge in [0.25, 0.3) is 0 Å². The van der Waals surface area contributed by atoms with Crippen LogP contribution in [0.4, 0.5) is 10.5 Å². The summed E-state index contributed by atoms with van der Waals surface area (Å²) >= 11 is 0. The molecule has 0 saturated heterocycles. The van der Waals surface area contributed by atoms with Gasteiger partial charge in [-0.1, -0.05) is 0 Å². The molecule has 1 amide bonds. The first-order chi connectivity index (χ1) is 5.97. The van der Waals surface area contributed by atoms with Crippen molar-refractivity contribution in [1.29, 1.82) is 0 Å². The average Bonchev–Trinajstić information content (AvgIpc) is 2.34. The quantitative estimate of drug-likeness (QED) is 0.700. The second-order valence-corrected chi connectivity index (χ2v) is 3.73. The SMILES string of the molecule is CC(C)(C)OC(=O)Nc1cc[nH]c1. The number of rotatable bonds is 1. The van der Waals surface area contributed by atoms with Crippen molar-refractivity contribution in [2.45, 2.75) is 26.4 Å². The summed E-state index contributed by atoms with van der Waals surface area (Å²) in [5.74, 6) is 0. The molecule has 0 aliphatic rings. The largest absolute Gasteiger partial charge is 0.444 e. The van der Waals surface area contributed by atoms with E-state index in [1.54, 1.807) is 18.5 Å². The predicted octanol–water partition coefficient (Wildman–Crippen LogP) is 2.36. The van der Waals surface area contributed by atoms with Crippen LogP contribution < -0.4 is 5.32 Å². The fraction of sp³-hybridized carbons (Fsp3) is 0.444. The zero-order valence-corrected chi connectivity index (χ0v) is 8.05. The lowest BCUT2D eigenvalue weighted by Crippen LogP contribution is -2.27. The number of H-pyrrole nitrogens is 1. The van der Waals surface area contributed by atoms with Gasteiger partial charge >= 0.3 is 6.09 Å². The smallest absolute Gasteiger partial charge is 0.412 e. The van der Waals surface area contributed by atoms with Gasteiger partial charge in [-0.3, -0.25) is 5.32 Å². The summed E-state index contributed by atoms with van der Waals surface area (Å²) in [7, 11) is 0. The van der Waals surface area contributed by atoms with Crippen molar-refractivity contribution >= 4 is 11.8 Å². The summed E-state index contributed by atoms with van der Waals surface area (Å²) in [6.45, 7) is 5.47. The minimum Gasteiger partial charge on any atom is -0.444 e. The zero-order chi connectivity index (χ0) is 9.90. The van der Waals surface area contributed by atoms with E-state index in [1.165, 1.54) is 0 Å². The van der Waals surface area contributed by atoms with E-state index in [4.69, 9.17) is 4.74 Å². The van der Waals surface area contributed by atoms with Gasteiger partial charge in [-0.15, -0.1) is 0 Å². The van der Waals surface area contributed by atoms with Crippen LogP contribution in [0.1, 0.15) is 20.8 Å². The maximum Gasteiger partial charge on any atom is 0.412 e. The number of aromatic amines is 1. The van der Waals surface area contributed by atoms with Gasteiger partial charge in [0.1, 0.15) is 5.60 Å². The van der Waals surface area contributed by atoms with Crippen LogP contribution in [-0.4, -0.2) is 16.7 Å². The van der Waals surface area contributed by atoms with E-state index in [2.05, 4.69) is 10.3 Å². The normalized spacial score (nSPS) is 11.0. The summed E-state index contributed by atoms with van der Waals surface area (Å²) in [5, 5.41) is 2.59. The highest BCUT2D eigenvalue weighted by molar-refractivity contribution is 5.84. The lowest BCUT2D eigenvalue weighted by atomic mass is 10.2. The molecule has 0 unspecified atom stereocenters. The van der Waals surface area contributed by atoms with Crippen LogP contribution in [0, 0.1) is 0 Å². The van der Waals surface area contributed by atoms with Crippen LogP contribution in [0.3, 0.4) is 0 Å². The lowest BCUT2D eigenvalue weighted by molar-refractivity contribution is 0.0636. The molecule has 0 radical (unpaired) electrons. The Bertz CT molecular complexity index is 272. The molecule has 0 aromatic carbocycles. The molecule has 4 heteroatoms. The van der Waals surface area contributed by atoms with Gasteiger partial charge in [-0.2, -0.15) is 0 Å². The van der Waals surface area contributed by atoms with Crippen molar-refractivity contribution in [2.75, 3.05) is 5.32 Å². The molecule has 1 aromatic rings. The van der Waals surface area contributed by atoms with Crippen molar-refractivity contribution in [3.8, 4) is 0 Å². The third-order valence-electron chi connectivity index (χ3n) is 1.24. The second-order valence-electron chi connectivity index (χ2n) is 3.73. The maximum atomic E-state index is 11.2. The Morgan fingerprint density at radius 2 is 2.23 bits per heavy atom. The molecule has 0 aliphatic carbocycles. The minimum atomic E-state index is -0.458. The van der Waals surface area contributed by atoms with Gasteiger partial charge in [0.15, 0.2) is 0 Å². The number of aromatic nitrogens is 1. The fourth-order valence-electron chi connectivity index (χ4n) is 0.823. The minimum absolute atomic E-state index is 0.438. The Kier molecular flexibility index (Phi) is 2.60. The number of nitrogens with one attached hydrogen (secondary N) is 2. The Morgan fingerprint density at radius 1 is 1.54 bits per heavy atom. The Labute approximate surface area is 77.3 Å². The molecule has 1 heterocycles.